The molecule has 0 spiro atoms. The third-order valence-electron chi connectivity index (χ3n) is 2.04. The van der Waals surface area contributed by atoms with Crippen molar-refractivity contribution in [3.05, 3.63) is 44.2 Å². The van der Waals surface area contributed by atoms with Gasteiger partial charge in [-0.3, -0.25) is 10.4 Å². The van der Waals surface area contributed by atoms with Crippen molar-refractivity contribution in [2.24, 2.45) is 5.10 Å². The summed E-state index contributed by atoms with van der Waals surface area (Å²) < 4.78 is 1.15. The first-order chi connectivity index (χ1) is 9.06. The highest BCUT2D eigenvalue weighted by atomic mass is 79.9. The highest BCUT2D eigenvalue weighted by molar-refractivity contribution is 9.11. The number of anilines is 1. The molecule has 0 aliphatic carbocycles. The lowest BCUT2D eigenvalue weighted by Gasteiger charge is -2.02. The minimum absolute atomic E-state index is 0.144. The average molecular weight is 406 g/mol. The van der Waals surface area contributed by atoms with E-state index in [1.807, 2.05) is 0 Å². The summed E-state index contributed by atoms with van der Waals surface area (Å²) in [6, 6.07) is 3.46. The SMILES string of the molecule is Oc1c(Br)cc(/C=N\Nc2cncc(Cl)n2)cc1Br. The summed E-state index contributed by atoms with van der Waals surface area (Å²) in [7, 11) is 0. The third kappa shape index (κ3) is 3.89. The zero-order valence-electron chi connectivity index (χ0n) is 9.31. The van der Waals surface area contributed by atoms with E-state index in [1.165, 1.54) is 12.4 Å². The van der Waals surface area contributed by atoms with E-state index in [9.17, 15) is 5.11 Å². The standard InChI is InChI=1S/C11H7Br2ClN4O/c12-7-1-6(2-8(13)11(7)19)3-16-18-10-5-15-4-9(14)17-10/h1-5,19H,(H,17,18)/b16-3-. The van der Waals surface area contributed by atoms with Gasteiger partial charge in [-0.2, -0.15) is 5.10 Å². The molecule has 2 aromatic rings. The maximum Gasteiger partial charge on any atom is 0.166 e. The Kier molecular flexibility index (Phi) is 4.73. The fraction of sp³-hybridized carbons (Fsp3) is 0. The van der Waals surface area contributed by atoms with E-state index in [-0.39, 0.29) is 10.9 Å². The van der Waals surface area contributed by atoms with E-state index in [1.54, 1.807) is 18.3 Å². The van der Waals surface area contributed by atoms with Gasteiger partial charge in [0, 0.05) is 0 Å². The topological polar surface area (TPSA) is 70.4 Å². The van der Waals surface area contributed by atoms with E-state index in [0.717, 1.165) is 5.56 Å². The molecule has 98 valence electrons. The summed E-state index contributed by atoms with van der Waals surface area (Å²) in [6.45, 7) is 0. The van der Waals surface area contributed by atoms with Gasteiger partial charge in [0.05, 0.1) is 27.6 Å². The fourth-order valence-corrected chi connectivity index (χ4v) is 2.60. The Labute approximate surface area is 131 Å². The third-order valence-corrected chi connectivity index (χ3v) is 3.43. The number of benzene rings is 1. The summed E-state index contributed by atoms with van der Waals surface area (Å²) in [5.74, 6) is 0.589. The zero-order valence-corrected chi connectivity index (χ0v) is 13.2. The number of phenols is 1. The molecule has 8 heteroatoms. The van der Waals surface area contributed by atoms with Crippen LogP contribution in [-0.2, 0) is 0 Å². The quantitative estimate of drug-likeness (QED) is 0.601. The number of hydrazone groups is 1. The number of halogens is 3. The van der Waals surface area contributed by atoms with Crippen LogP contribution in [0.3, 0.4) is 0 Å². The summed E-state index contributed by atoms with van der Waals surface area (Å²) >= 11 is 12.2. The van der Waals surface area contributed by atoms with Gasteiger partial charge in [0.25, 0.3) is 0 Å². The van der Waals surface area contributed by atoms with Gasteiger partial charge >= 0.3 is 0 Å². The Morgan fingerprint density at radius 1 is 1.26 bits per heavy atom. The van der Waals surface area contributed by atoms with Crippen molar-refractivity contribution in [3.63, 3.8) is 0 Å². The molecule has 1 heterocycles. The Morgan fingerprint density at radius 2 is 1.95 bits per heavy atom. The van der Waals surface area contributed by atoms with Crippen molar-refractivity contribution in [1.82, 2.24) is 9.97 Å². The van der Waals surface area contributed by atoms with Crippen LogP contribution in [0.1, 0.15) is 5.56 Å². The molecule has 0 saturated heterocycles. The summed E-state index contributed by atoms with van der Waals surface area (Å²) in [6.07, 6.45) is 4.52. The number of phenolic OH excluding ortho intramolecular Hbond substituents is 1. The van der Waals surface area contributed by atoms with Crippen LogP contribution in [0.4, 0.5) is 5.82 Å². The summed E-state index contributed by atoms with van der Waals surface area (Å²) in [5.41, 5.74) is 3.50. The van der Waals surface area contributed by atoms with E-state index >= 15 is 0 Å². The van der Waals surface area contributed by atoms with Crippen LogP contribution >= 0.6 is 43.5 Å². The van der Waals surface area contributed by atoms with Gasteiger partial charge in [-0.1, -0.05) is 11.6 Å². The normalized spacial score (nSPS) is 10.9. The van der Waals surface area contributed by atoms with Crippen LogP contribution in [0, 0.1) is 0 Å². The molecule has 0 amide bonds. The van der Waals surface area contributed by atoms with Crippen LogP contribution in [0.2, 0.25) is 5.15 Å². The smallest absolute Gasteiger partial charge is 0.166 e. The van der Waals surface area contributed by atoms with E-state index in [4.69, 9.17) is 11.6 Å². The van der Waals surface area contributed by atoms with E-state index in [2.05, 4.69) is 52.4 Å². The molecule has 1 aromatic carbocycles. The minimum atomic E-state index is 0.144. The summed E-state index contributed by atoms with van der Waals surface area (Å²) in [4.78, 5) is 7.84. The lowest BCUT2D eigenvalue weighted by atomic mass is 10.2. The fourth-order valence-electron chi connectivity index (χ4n) is 1.23. The van der Waals surface area contributed by atoms with Crippen LogP contribution < -0.4 is 5.43 Å². The van der Waals surface area contributed by atoms with Crippen LogP contribution in [0.25, 0.3) is 0 Å². The van der Waals surface area contributed by atoms with Gasteiger partial charge < -0.3 is 5.11 Å². The zero-order chi connectivity index (χ0) is 13.8. The Balaban J connectivity index is 2.11. The highest BCUT2D eigenvalue weighted by Gasteiger charge is 2.04. The molecule has 0 radical (unpaired) electrons. The number of nitrogens with zero attached hydrogens (tertiary/aromatic N) is 3. The van der Waals surface area contributed by atoms with Gasteiger partial charge in [0.1, 0.15) is 10.9 Å². The maximum absolute atomic E-state index is 9.58. The molecule has 2 rings (SSSR count). The lowest BCUT2D eigenvalue weighted by Crippen LogP contribution is -1.94. The molecule has 2 N–H and O–H groups in total. The Hall–Kier alpha value is -1.18. The van der Waals surface area contributed by atoms with E-state index in [0.29, 0.717) is 14.8 Å². The van der Waals surface area contributed by atoms with Gasteiger partial charge in [-0.05, 0) is 49.6 Å². The predicted octanol–water partition coefficient (Wildman–Crippen LogP) is 3.81. The van der Waals surface area contributed by atoms with Gasteiger partial charge in [0.2, 0.25) is 0 Å². The molecule has 0 unspecified atom stereocenters. The lowest BCUT2D eigenvalue weighted by molar-refractivity contribution is 0.468. The average Bonchev–Trinajstić information content (AvgIpc) is 2.36. The predicted molar refractivity (Wildman–Crippen MR) is 81.8 cm³/mol. The Bertz CT molecular complexity index is 613. The monoisotopic (exact) mass is 404 g/mol. The molecular formula is C11H7Br2ClN4O. The minimum Gasteiger partial charge on any atom is -0.506 e. The molecule has 0 fully saturated rings. The number of rotatable bonds is 3. The number of nitrogens with one attached hydrogen (secondary N) is 1. The second-order valence-electron chi connectivity index (χ2n) is 3.43. The second-order valence-corrected chi connectivity index (χ2v) is 5.53. The molecule has 0 bridgehead atoms. The molecule has 0 aliphatic heterocycles. The van der Waals surface area contributed by atoms with Crippen LogP contribution in [-0.4, -0.2) is 21.3 Å². The first kappa shape index (κ1) is 14.2. The first-order valence-corrected chi connectivity index (χ1v) is 6.97. The van der Waals surface area contributed by atoms with Crippen molar-refractivity contribution >= 4 is 55.5 Å². The number of hydrogen-bond donors (Lipinski definition) is 2. The molecule has 0 atom stereocenters. The number of hydrogen-bond acceptors (Lipinski definition) is 5. The first-order valence-electron chi connectivity index (χ1n) is 5.01. The summed E-state index contributed by atoms with van der Waals surface area (Å²) in [5, 5.41) is 13.9. The van der Waals surface area contributed by atoms with Gasteiger partial charge in [-0.15, -0.1) is 0 Å². The van der Waals surface area contributed by atoms with Crippen LogP contribution in [0.15, 0.2) is 38.6 Å². The number of aromatic nitrogens is 2. The largest absolute Gasteiger partial charge is 0.506 e. The molecule has 0 saturated carbocycles. The molecule has 1 aromatic heterocycles. The maximum atomic E-state index is 9.58. The molecule has 19 heavy (non-hydrogen) atoms. The van der Waals surface area contributed by atoms with Crippen molar-refractivity contribution in [2.75, 3.05) is 5.43 Å². The molecule has 0 aliphatic rings. The van der Waals surface area contributed by atoms with E-state index < -0.39 is 0 Å². The van der Waals surface area contributed by atoms with Crippen molar-refractivity contribution < 1.29 is 5.11 Å². The van der Waals surface area contributed by atoms with Crippen molar-refractivity contribution in [1.29, 1.82) is 0 Å². The second kappa shape index (κ2) is 6.31. The van der Waals surface area contributed by atoms with Crippen molar-refractivity contribution in [3.8, 4) is 5.75 Å². The van der Waals surface area contributed by atoms with Crippen LogP contribution in [0.5, 0.6) is 5.75 Å². The number of aromatic hydroxyl groups is 1. The Morgan fingerprint density at radius 3 is 2.58 bits per heavy atom. The van der Waals surface area contributed by atoms with Gasteiger partial charge in [0.15, 0.2) is 5.82 Å². The molecule has 5 nitrogen and oxygen atoms in total. The molecular weight excluding hydrogens is 399 g/mol. The van der Waals surface area contributed by atoms with Gasteiger partial charge in [-0.25, -0.2) is 4.98 Å². The van der Waals surface area contributed by atoms with Crippen molar-refractivity contribution in [2.45, 2.75) is 0 Å². The highest BCUT2D eigenvalue weighted by Crippen LogP contribution is 2.32.